The first-order valence-electron chi connectivity index (χ1n) is 9.16. The van der Waals surface area contributed by atoms with Gasteiger partial charge in [-0.2, -0.15) is 0 Å². The zero-order valence-corrected chi connectivity index (χ0v) is 16.4. The van der Waals surface area contributed by atoms with E-state index in [1.807, 2.05) is 30.3 Å². The summed E-state index contributed by atoms with van der Waals surface area (Å²) in [5.74, 6) is -0.698. The molecule has 0 saturated carbocycles. The molecule has 2 rings (SSSR count). The van der Waals surface area contributed by atoms with E-state index in [0.29, 0.717) is 12.5 Å². The lowest BCUT2D eigenvalue weighted by atomic mass is 9.92. The lowest BCUT2D eigenvalue weighted by Gasteiger charge is -2.45. The summed E-state index contributed by atoms with van der Waals surface area (Å²) in [5.41, 5.74) is 0.989. The summed E-state index contributed by atoms with van der Waals surface area (Å²) < 4.78 is 29.0. The third-order valence-electron chi connectivity index (χ3n) is 4.50. The summed E-state index contributed by atoms with van der Waals surface area (Å²) >= 11 is 0. The second-order valence-corrected chi connectivity index (χ2v) is 7.04. The molecule has 0 spiro atoms. The van der Waals surface area contributed by atoms with E-state index in [4.69, 9.17) is 28.8 Å². The monoisotopic (exact) mass is 382 g/mol. The summed E-state index contributed by atoms with van der Waals surface area (Å²) in [5, 5.41) is 8.99. The van der Waals surface area contributed by atoms with E-state index in [2.05, 4.69) is 13.8 Å². The minimum absolute atomic E-state index is 0.282. The Balaban J connectivity index is 2.18. The molecule has 3 unspecified atom stereocenters. The van der Waals surface area contributed by atoms with E-state index in [0.717, 1.165) is 12.0 Å². The zero-order valence-electron chi connectivity index (χ0n) is 16.4. The molecule has 1 fully saturated rings. The van der Waals surface area contributed by atoms with Crippen molar-refractivity contribution in [3.63, 3.8) is 0 Å². The molecule has 0 aromatic heterocycles. The van der Waals surface area contributed by atoms with Gasteiger partial charge in [-0.1, -0.05) is 44.2 Å². The molecule has 152 valence electrons. The second kappa shape index (κ2) is 10.7. The fraction of sp³-hybridized carbons (Fsp3) is 0.650. The quantitative estimate of drug-likeness (QED) is 0.665. The third kappa shape index (κ3) is 6.26. The average molecular weight is 382 g/mol. The molecule has 1 heterocycles. The number of rotatable bonds is 10. The molecule has 7 nitrogen and oxygen atoms in total. The van der Waals surface area contributed by atoms with E-state index in [9.17, 15) is 4.79 Å². The molecule has 0 radical (unpaired) electrons. The topological polar surface area (TPSA) is 83.5 Å². The van der Waals surface area contributed by atoms with Gasteiger partial charge in [0, 0.05) is 14.2 Å². The van der Waals surface area contributed by atoms with Crippen LogP contribution in [0.2, 0.25) is 0 Å². The molecule has 1 aromatic carbocycles. The van der Waals surface area contributed by atoms with Gasteiger partial charge in [0.15, 0.2) is 6.29 Å². The first-order valence-corrected chi connectivity index (χ1v) is 9.16. The van der Waals surface area contributed by atoms with E-state index in [1.54, 1.807) is 14.2 Å². The van der Waals surface area contributed by atoms with Crippen LogP contribution in [-0.4, -0.2) is 62.6 Å². The van der Waals surface area contributed by atoms with Gasteiger partial charge in [0.25, 0.3) is 0 Å². The molecule has 1 saturated heterocycles. The van der Waals surface area contributed by atoms with Gasteiger partial charge in [-0.15, -0.1) is 0 Å². The third-order valence-corrected chi connectivity index (χ3v) is 4.50. The van der Waals surface area contributed by atoms with Crippen molar-refractivity contribution in [1.29, 1.82) is 0 Å². The van der Waals surface area contributed by atoms with Gasteiger partial charge in [-0.25, -0.2) is 4.79 Å². The van der Waals surface area contributed by atoms with Gasteiger partial charge >= 0.3 is 5.97 Å². The highest BCUT2D eigenvalue weighted by Gasteiger charge is 2.48. The molecular formula is C20H30O7. The highest BCUT2D eigenvalue weighted by molar-refractivity contribution is 5.68. The van der Waals surface area contributed by atoms with E-state index in [1.165, 1.54) is 0 Å². The van der Waals surface area contributed by atoms with Crippen molar-refractivity contribution in [2.24, 2.45) is 5.92 Å². The standard InChI is InChI=1S/C20H30O7/c1-13(2)10-15-17(23-3)18(24-4)19(20(27-15)26-12-16(21)22)25-11-14-8-6-5-7-9-14/h5-9,13,15,17-20H,10-12H2,1-4H3,(H,21,22)/t15?,17?,18-,19?,20+/m0/s1. The highest BCUT2D eigenvalue weighted by atomic mass is 16.7. The SMILES string of the molecule is COC1C(CC(C)C)O[C@@H](OCC(=O)O)C(OCc2ccccc2)[C@H]1OC. The summed E-state index contributed by atoms with van der Waals surface area (Å²) in [6.07, 6.45) is -1.82. The zero-order chi connectivity index (χ0) is 19.8. The Morgan fingerprint density at radius 3 is 2.30 bits per heavy atom. The van der Waals surface area contributed by atoms with Crippen molar-refractivity contribution in [3.05, 3.63) is 35.9 Å². The Hall–Kier alpha value is -1.51. The Morgan fingerprint density at radius 1 is 1.07 bits per heavy atom. The maximum absolute atomic E-state index is 11.0. The van der Waals surface area contributed by atoms with Gasteiger partial charge in [-0.3, -0.25) is 0 Å². The highest BCUT2D eigenvalue weighted by Crippen LogP contribution is 2.31. The number of methoxy groups -OCH3 is 2. The van der Waals surface area contributed by atoms with Crippen LogP contribution in [0.4, 0.5) is 0 Å². The fourth-order valence-electron chi connectivity index (χ4n) is 3.32. The van der Waals surface area contributed by atoms with Gasteiger partial charge in [-0.05, 0) is 17.9 Å². The molecule has 5 atom stereocenters. The van der Waals surface area contributed by atoms with Crippen LogP contribution in [0.5, 0.6) is 0 Å². The van der Waals surface area contributed by atoms with E-state index >= 15 is 0 Å². The number of aliphatic carboxylic acids is 1. The molecule has 27 heavy (non-hydrogen) atoms. The van der Waals surface area contributed by atoms with Crippen LogP contribution in [0, 0.1) is 5.92 Å². The number of carboxylic acid groups (broad SMARTS) is 1. The largest absolute Gasteiger partial charge is 0.480 e. The summed E-state index contributed by atoms with van der Waals surface area (Å²) in [4.78, 5) is 11.0. The fourth-order valence-corrected chi connectivity index (χ4v) is 3.32. The van der Waals surface area contributed by atoms with Crippen LogP contribution in [0.1, 0.15) is 25.8 Å². The van der Waals surface area contributed by atoms with Gasteiger partial charge in [0.2, 0.25) is 0 Å². The summed E-state index contributed by atoms with van der Waals surface area (Å²) in [6.45, 7) is 4.03. The molecule has 1 aliphatic rings. The van der Waals surface area contributed by atoms with Crippen molar-refractivity contribution in [2.75, 3.05) is 20.8 Å². The van der Waals surface area contributed by atoms with Crippen LogP contribution >= 0.6 is 0 Å². The van der Waals surface area contributed by atoms with Gasteiger partial charge in [0.05, 0.1) is 12.7 Å². The van der Waals surface area contributed by atoms with Crippen LogP contribution < -0.4 is 0 Å². The van der Waals surface area contributed by atoms with E-state index in [-0.39, 0.29) is 12.2 Å². The minimum Gasteiger partial charge on any atom is -0.480 e. The Kier molecular flexibility index (Phi) is 8.66. The van der Waals surface area contributed by atoms with Crippen LogP contribution in [0.15, 0.2) is 30.3 Å². The number of hydrogen-bond acceptors (Lipinski definition) is 6. The molecule has 7 heteroatoms. The second-order valence-electron chi connectivity index (χ2n) is 7.04. The number of hydrogen-bond donors (Lipinski definition) is 1. The maximum atomic E-state index is 11.0. The van der Waals surface area contributed by atoms with Crippen molar-refractivity contribution in [1.82, 2.24) is 0 Å². The van der Waals surface area contributed by atoms with Crippen molar-refractivity contribution in [3.8, 4) is 0 Å². The van der Waals surface area contributed by atoms with Crippen LogP contribution in [-0.2, 0) is 35.1 Å². The molecule has 1 aliphatic heterocycles. The molecule has 1 N–H and O–H groups in total. The molecular weight excluding hydrogens is 352 g/mol. The Bertz CT molecular complexity index is 563. The average Bonchev–Trinajstić information content (AvgIpc) is 2.64. The van der Waals surface area contributed by atoms with E-state index < -0.39 is 31.1 Å². The summed E-state index contributed by atoms with van der Waals surface area (Å²) in [7, 11) is 3.20. The summed E-state index contributed by atoms with van der Waals surface area (Å²) in [6, 6.07) is 9.70. The molecule has 0 aliphatic carbocycles. The number of benzene rings is 1. The van der Waals surface area contributed by atoms with Crippen molar-refractivity contribution < 1.29 is 33.6 Å². The minimum atomic E-state index is -1.07. The van der Waals surface area contributed by atoms with Crippen molar-refractivity contribution >= 4 is 5.97 Å². The molecule has 1 aromatic rings. The van der Waals surface area contributed by atoms with Crippen LogP contribution in [0.25, 0.3) is 0 Å². The number of carbonyl (C=O) groups is 1. The first-order chi connectivity index (χ1) is 13.0. The normalized spacial score (nSPS) is 28.4. The van der Waals surface area contributed by atoms with Gasteiger partial charge in [0.1, 0.15) is 24.9 Å². The Morgan fingerprint density at radius 2 is 1.74 bits per heavy atom. The molecule has 0 bridgehead atoms. The predicted molar refractivity (Wildman–Crippen MR) is 98.3 cm³/mol. The maximum Gasteiger partial charge on any atom is 0.329 e. The smallest absolute Gasteiger partial charge is 0.329 e. The van der Waals surface area contributed by atoms with Gasteiger partial charge < -0.3 is 28.8 Å². The Labute approximate surface area is 160 Å². The lowest BCUT2D eigenvalue weighted by Crippen LogP contribution is -2.60. The predicted octanol–water partition coefficient (Wildman–Crippen LogP) is 2.47. The lowest BCUT2D eigenvalue weighted by molar-refractivity contribution is -0.315. The first kappa shape index (κ1) is 21.8. The van der Waals surface area contributed by atoms with Crippen LogP contribution in [0.3, 0.4) is 0 Å². The van der Waals surface area contributed by atoms with Crippen molar-refractivity contribution in [2.45, 2.75) is 57.6 Å². The number of ether oxygens (including phenoxy) is 5. The number of carboxylic acids is 1. The molecule has 0 amide bonds.